The molecule has 3 rings (SSSR count). The quantitative estimate of drug-likeness (QED) is 0.787. The van der Waals surface area contributed by atoms with Gasteiger partial charge in [0.1, 0.15) is 11.4 Å². The Labute approximate surface area is 160 Å². The lowest BCUT2D eigenvalue weighted by molar-refractivity contribution is 0.0708. The molecule has 0 saturated carbocycles. The van der Waals surface area contributed by atoms with Crippen LogP contribution in [0.2, 0.25) is 0 Å². The third kappa shape index (κ3) is 4.13. The number of methoxy groups -OCH3 is 1. The van der Waals surface area contributed by atoms with E-state index in [1.54, 1.807) is 24.1 Å². The average molecular weight is 388 g/mol. The Bertz CT molecular complexity index is 956. The van der Waals surface area contributed by atoms with Crippen molar-refractivity contribution in [3.63, 3.8) is 0 Å². The summed E-state index contributed by atoms with van der Waals surface area (Å²) in [7, 11) is -1.46. The molecule has 27 heavy (non-hydrogen) atoms. The van der Waals surface area contributed by atoms with Crippen LogP contribution >= 0.6 is 0 Å². The molecule has 2 heterocycles. The molecule has 144 valence electrons. The molecule has 0 unspecified atom stereocenters. The van der Waals surface area contributed by atoms with Gasteiger partial charge in [-0.15, -0.1) is 0 Å². The van der Waals surface area contributed by atoms with Crippen molar-refractivity contribution in [3.05, 3.63) is 47.7 Å². The van der Waals surface area contributed by atoms with Gasteiger partial charge in [-0.3, -0.25) is 4.79 Å². The van der Waals surface area contributed by atoms with Crippen LogP contribution in [0.1, 0.15) is 29.4 Å². The van der Waals surface area contributed by atoms with E-state index in [-0.39, 0.29) is 23.5 Å². The van der Waals surface area contributed by atoms with Gasteiger partial charge in [0.2, 0.25) is 0 Å². The minimum Gasteiger partial charge on any atom is -0.494 e. The van der Waals surface area contributed by atoms with Crippen molar-refractivity contribution >= 4 is 15.7 Å². The normalized spacial score (nSPS) is 18.3. The Morgan fingerprint density at radius 3 is 2.70 bits per heavy atom. The van der Waals surface area contributed by atoms with Crippen LogP contribution in [-0.2, 0) is 9.84 Å². The molecule has 1 amide bonds. The Balaban J connectivity index is 1.93. The first-order valence-electron chi connectivity index (χ1n) is 8.98. The number of hydrogen-bond acceptors (Lipinski definition) is 5. The largest absolute Gasteiger partial charge is 0.494 e. The molecular formula is C20H24N2O4S. The van der Waals surface area contributed by atoms with E-state index in [0.29, 0.717) is 30.0 Å². The molecule has 0 N–H and O–H groups in total. The molecule has 1 fully saturated rings. The Morgan fingerprint density at radius 2 is 2.07 bits per heavy atom. The van der Waals surface area contributed by atoms with Gasteiger partial charge in [-0.05, 0) is 44.5 Å². The SMILES string of the molecule is CCN(C(=O)c1cccc(-c2nc(C)ccc2OC)c1)[C@@H]1CCS(=O)(=O)C1. The van der Waals surface area contributed by atoms with Crippen molar-refractivity contribution in [1.29, 1.82) is 0 Å². The summed E-state index contributed by atoms with van der Waals surface area (Å²) >= 11 is 0. The summed E-state index contributed by atoms with van der Waals surface area (Å²) in [6.07, 6.45) is 0.495. The molecule has 0 aliphatic carbocycles. The van der Waals surface area contributed by atoms with E-state index in [4.69, 9.17) is 4.74 Å². The van der Waals surface area contributed by atoms with Crippen LogP contribution in [0.3, 0.4) is 0 Å². The molecule has 1 aromatic carbocycles. The standard InChI is InChI=1S/C20H24N2O4S/c1-4-22(17-10-11-27(24,25)13-17)20(23)16-7-5-6-15(12-16)19-18(26-3)9-8-14(2)21-19/h5-9,12,17H,4,10-11,13H2,1-3H3/t17-/m1/s1. The highest BCUT2D eigenvalue weighted by Gasteiger charge is 2.34. The highest BCUT2D eigenvalue weighted by Crippen LogP contribution is 2.29. The second-order valence-corrected chi connectivity index (χ2v) is 8.96. The number of carbonyl (C=O) groups excluding carboxylic acids is 1. The van der Waals surface area contributed by atoms with E-state index in [1.807, 2.05) is 38.1 Å². The fourth-order valence-corrected chi connectivity index (χ4v) is 5.20. The Kier molecular flexibility index (Phi) is 5.51. The minimum atomic E-state index is -3.05. The molecule has 1 aliphatic heterocycles. The fourth-order valence-electron chi connectivity index (χ4n) is 3.47. The van der Waals surface area contributed by atoms with Crippen LogP contribution in [0, 0.1) is 6.92 Å². The van der Waals surface area contributed by atoms with Crippen LogP contribution in [0.5, 0.6) is 5.75 Å². The van der Waals surface area contributed by atoms with Crippen LogP contribution in [0.4, 0.5) is 0 Å². The number of sulfone groups is 1. The molecule has 2 aromatic rings. The lowest BCUT2D eigenvalue weighted by Crippen LogP contribution is -2.40. The number of benzene rings is 1. The number of nitrogens with zero attached hydrogens (tertiary/aromatic N) is 2. The Morgan fingerprint density at radius 1 is 1.30 bits per heavy atom. The van der Waals surface area contributed by atoms with E-state index in [2.05, 4.69) is 4.98 Å². The number of rotatable bonds is 5. The van der Waals surface area contributed by atoms with Gasteiger partial charge in [0, 0.05) is 29.4 Å². The third-order valence-corrected chi connectivity index (χ3v) is 6.60. The van der Waals surface area contributed by atoms with Gasteiger partial charge in [-0.25, -0.2) is 13.4 Å². The first-order chi connectivity index (χ1) is 12.8. The first-order valence-corrected chi connectivity index (χ1v) is 10.8. The summed E-state index contributed by atoms with van der Waals surface area (Å²) in [6, 6.07) is 10.7. The van der Waals surface area contributed by atoms with Gasteiger partial charge in [-0.2, -0.15) is 0 Å². The Hall–Kier alpha value is -2.41. The lowest BCUT2D eigenvalue weighted by atomic mass is 10.0. The monoisotopic (exact) mass is 388 g/mol. The van der Waals surface area contributed by atoms with Crippen LogP contribution in [0.25, 0.3) is 11.3 Å². The van der Waals surface area contributed by atoms with Crippen molar-refractivity contribution in [1.82, 2.24) is 9.88 Å². The smallest absolute Gasteiger partial charge is 0.254 e. The molecule has 6 nitrogen and oxygen atoms in total. The topological polar surface area (TPSA) is 76.6 Å². The summed E-state index contributed by atoms with van der Waals surface area (Å²) in [4.78, 5) is 19.3. The van der Waals surface area contributed by atoms with Gasteiger partial charge in [-0.1, -0.05) is 12.1 Å². The fraction of sp³-hybridized carbons (Fsp3) is 0.400. The van der Waals surface area contributed by atoms with Gasteiger partial charge >= 0.3 is 0 Å². The first kappa shape index (κ1) is 19.4. The average Bonchev–Trinajstić information content (AvgIpc) is 3.01. The van der Waals surface area contributed by atoms with Crippen molar-refractivity contribution in [3.8, 4) is 17.0 Å². The minimum absolute atomic E-state index is 0.0412. The van der Waals surface area contributed by atoms with Crippen molar-refractivity contribution in [2.75, 3.05) is 25.2 Å². The summed E-state index contributed by atoms with van der Waals surface area (Å²) < 4.78 is 29.0. The number of hydrogen-bond donors (Lipinski definition) is 0. The molecular weight excluding hydrogens is 364 g/mol. The van der Waals surface area contributed by atoms with Crippen molar-refractivity contribution in [2.45, 2.75) is 26.3 Å². The third-order valence-electron chi connectivity index (χ3n) is 4.85. The van der Waals surface area contributed by atoms with Gasteiger partial charge in [0.05, 0.1) is 18.6 Å². The summed E-state index contributed by atoms with van der Waals surface area (Å²) in [5, 5.41) is 0. The zero-order valence-corrected chi connectivity index (χ0v) is 16.6. The zero-order chi connectivity index (χ0) is 19.6. The number of aryl methyl sites for hydroxylation is 1. The van der Waals surface area contributed by atoms with E-state index < -0.39 is 9.84 Å². The summed E-state index contributed by atoms with van der Waals surface area (Å²) in [6.45, 7) is 4.24. The number of ether oxygens (including phenoxy) is 1. The molecule has 1 saturated heterocycles. The van der Waals surface area contributed by atoms with E-state index in [9.17, 15) is 13.2 Å². The zero-order valence-electron chi connectivity index (χ0n) is 15.8. The van der Waals surface area contributed by atoms with Crippen LogP contribution in [-0.4, -0.2) is 55.4 Å². The molecule has 0 spiro atoms. The molecule has 0 bridgehead atoms. The summed E-state index contributed by atoms with van der Waals surface area (Å²) in [5.74, 6) is 0.665. The van der Waals surface area contributed by atoms with Crippen LogP contribution < -0.4 is 4.74 Å². The molecule has 7 heteroatoms. The predicted molar refractivity (Wildman–Crippen MR) is 105 cm³/mol. The van der Waals surface area contributed by atoms with Crippen molar-refractivity contribution in [2.24, 2.45) is 0 Å². The number of amides is 1. The highest BCUT2D eigenvalue weighted by molar-refractivity contribution is 7.91. The number of pyridine rings is 1. The maximum absolute atomic E-state index is 13.1. The second-order valence-electron chi connectivity index (χ2n) is 6.73. The van der Waals surface area contributed by atoms with E-state index in [0.717, 1.165) is 11.3 Å². The van der Waals surface area contributed by atoms with E-state index >= 15 is 0 Å². The van der Waals surface area contributed by atoms with E-state index in [1.165, 1.54) is 0 Å². The van der Waals surface area contributed by atoms with Gasteiger partial charge in [0.15, 0.2) is 9.84 Å². The number of carbonyl (C=O) groups is 1. The van der Waals surface area contributed by atoms with Gasteiger partial charge in [0.25, 0.3) is 5.91 Å². The highest BCUT2D eigenvalue weighted by atomic mass is 32.2. The maximum Gasteiger partial charge on any atom is 0.254 e. The summed E-state index contributed by atoms with van der Waals surface area (Å²) in [5.41, 5.74) is 2.84. The predicted octanol–water partition coefficient (Wildman–Crippen LogP) is 2.71. The number of aromatic nitrogens is 1. The lowest BCUT2D eigenvalue weighted by Gasteiger charge is -2.27. The van der Waals surface area contributed by atoms with Gasteiger partial charge < -0.3 is 9.64 Å². The van der Waals surface area contributed by atoms with Crippen molar-refractivity contribution < 1.29 is 17.9 Å². The molecule has 1 atom stereocenters. The second kappa shape index (κ2) is 7.68. The molecule has 1 aromatic heterocycles. The molecule has 0 radical (unpaired) electrons. The van der Waals surface area contributed by atoms with Crippen LogP contribution in [0.15, 0.2) is 36.4 Å². The maximum atomic E-state index is 13.1. The molecule has 1 aliphatic rings.